The van der Waals surface area contributed by atoms with Crippen LogP contribution in [-0.2, 0) is 4.74 Å². The number of hydrogen-bond acceptors (Lipinski definition) is 4. The Hall–Kier alpha value is -1.49. The first-order chi connectivity index (χ1) is 7.47. The van der Waals surface area contributed by atoms with Gasteiger partial charge in [0.25, 0.3) is 0 Å². The van der Waals surface area contributed by atoms with Gasteiger partial charge < -0.3 is 10.2 Å². The predicted octanol–water partition coefficient (Wildman–Crippen LogP) is 1.11. The Labute approximate surface area is 95.1 Å². The third-order valence-electron chi connectivity index (χ3n) is 2.30. The molecule has 2 aliphatic rings. The monoisotopic (exact) mass is 223 g/mol. The minimum atomic E-state index is -0.460. The van der Waals surface area contributed by atoms with Crippen LogP contribution in [0.1, 0.15) is 20.8 Å². The molecule has 2 rings (SSSR count). The summed E-state index contributed by atoms with van der Waals surface area (Å²) in [5.74, 6) is 0. The number of hydrogen-bond donors (Lipinski definition) is 2. The fraction of sp³-hybridized carbons (Fsp3) is 0.545. The Bertz CT molecular complexity index is 366. The molecule has 0 aliphatic carbocycles. The molecule has 16 heavy (non-hydrogen) atoms. The number of nitrogens with zero attached hydrogens (tertiary/aromatic N) is 1. The van der Waals surface area contributed by atoms with Crippen LogP contribution in [0.4, 0.5) is 4.79 Å². The molecule has 2 heterocycles. The molecule has 0 aromatic carbocycles. The Morgan fingerprint density at radius 3 is 2.94 bits per heavy atom. The molecule has 5 nitrogen and oxygen atoms in total. The summed E-state index contributed by atoms with van der Waals surface area (Å²) in [5, 5.41) is 0. The van der Waals surface area contributed by atoms with Crippen LogP contribution in [0.3, 0.4) is 0 Å². The average molecular weight is 223 g/mol. The van der Waals surface area contributed by atoms with Crippen molar-refractivity contribution in [3.8, 4) is 0 Å². The molecule has 5 heteroatoms. The van der Waals surface area contributed by atoms with Crippen molar-refractivity contribution in [2.75, 3.05) is 13.1 Å². The molecule has 0 saturated heterocycles. The summed E-state index contributed by atoms with van der Waals surface area (Å²) in [6, 6.07) is 0. The van der Waals surface area contributed by atoms with E-state index in [4.69, 9.17) is 4.74 Å². The second-order valence-electron chi connectivity index (χ2n) is 4.83. The smallest absolute Gasteiger partial charge is 0.414 e. The topological polar surface area (TPSA) is 53.6 Å². The molecule has 88 valence electrons. The van der Waals surface area contributed by atoms with E-state index in [0.717, 1.165) is 11.4 Å². The summed E-state index contributed by atoms with van der Waals surface area (Å²) < 4.78 is 5.35. The summed E-state index contributed by atoms with van der Waals surface area (Å²) in [7, 11) is 0. The maximum absolute atomic E-state index is 11.9. The molecule has 0 saturated carbocycles. The Morgan fingerprint density at radius 2 is 2.25 bits per heavy atom. The van der Waals surface area contributed by atoms with E-state index in [1.165, 1.54) is 0 Å². The SMILES string of the molecule is CC(C)(C)OC(=O)N1CC=CC2=C1CNN2. The van der Waals surface area contributed by atoms with E-state index in [9.17, 15) is 4.79 Å². The van der Waals surface area contributed by atoms with E-state index >= 15 is 0 Å². The van der Waals surface area contributed by atoms with Crippen LogP contribution in [0.5, 0.6) is 0 Å². The van der Waals surface area contributed by atoms with Gasteiger partial charge in [0.05, 0.1) is 17.9 Å². The number of hydrazine groups is 1. The molecule has 0 unspecified atom stereocenters. The molecule has 2 aliphatic heterocycles. The third-order valence-corrected chi connectivity index (χ3v) is 2.30. The lowest BCUT2D eigenvalue weighted by Crippen LogP contribution is -2.38. The summed E-state index contributed by atoms with van der Waals surface area (Å²) in [6.45, 7) is 6.80. The maximum Gasteiger partial charge on any atom is 0.414 e. The highest BCUT2D eigenvalue weighted by molar-refractivity contribution is 5.72. The Morgan fingerprint density at radius 1 is 1.50 bits per heavy atom. The van der Waals surface area contributed by atoms with Crippen molar-refractivity contribution in [1.82, 2.24) is 15.8 Å². The summed E-state index contributed by atoms with van der Waals surface area (Å²) >= 11 is 0. The molecule has 0 aromatic heterocycles. The van der Waals surface area contributed by atoms with Gasteiger partial charge in [-0.3, -0.25) is 4.90 Å². The van der Waals surface area contributed by atoms with Crippen LogP contribution >= 0.6 is 0 Å². The van der Waals surface area contributed by atoms with Crippen molar-refractivity contribution in [2.24, 2.45) is 0 Å². The van der Waals surface area contributed by atoms with Gasteiger partial charge in [0.15, 0.2) is 0 Å². The molecular formula is C11H17N3O2. The van der Waals surface area contributed by atoms with E-state index in [1.807, 2.05) is 32.9 Å². The van der Waals surface area contributed by atoms with Crippen molar-refractivity contribution in [1.29, 1.82) is 0 Å². The fourth-order valence-electron chi connectivity index (χ4n) is 1.66. The van der Waals surface area contributed by atoms with Crippen LogP contribution in [0, 0.1) is 0 Å². The van der Waals surface area contributed by atoms with Crippen molar-refractivity contribution in [3.63, 3.8) is 0 Å². The zero-order valence-electron chi connectivity index (χ0n) is 9.83. The van der Waals surface area contributed by atoms with Gasteiger partial charge in [-0.25, -0.2) is 10.2 Å². The lowest BCUT2D eigenvalue weighted by molar-refractivity contribution is 0.0327. The molecule has 0 atom stereocenters. The van der Waals surface area contributed by atoms with Crippen molar-refractivity contribution >= 4 is 6.09 Å². The van der Waals surface area contributed by atoms with Gasteiger partial charge in [-0.15, -0.1) is 0 Å². The Balaban J connectivity index is 2.11. The van der Waals surface area contributed by atoms with Crippen molar-refractivity contribution in [3.05, 3.63) is 23.5 Å². The number of amides is 1. The van der Waals surface area contributed by atoms with Crippen molar-refractivity contribution < 1.29 is 9.53 Å². The van der Waals surface area contributed by atoms with Gasteiger partial charge in [0.1, 0.15) is 5.60 Å². The number of nitrogens with one attached hydrogen (secondary N) is 2. The second-order valence-corrected chi connectivity index (χ2v) is 4.83. The summed E-state index contributed by atoms with van der Waals surface area (Å²) in [6.07, 6.45) is 3.61. The van der Waals surface area contributed by atoms with Crippen LogP contribution in [0.25, 0.3) is 0 Å². The van der Waals surface area contributed by atoms with Gasteiger partial charge in [-0.2, -0.15) is 0 Å². The fourth-order valence-corrected chi connectivity index (χ4v) is 1.66. The Kier molecular flexibility index (Phi) is 2.63. The number of allylic oxidation sites excluding steroid dienone is 1. The zero-order chi connectivity index (χ0) is 11.8. The molecule has 0 aromatic rings. The minimum Gasteiger partial charge on any atom is -0.443 e. The number of carbonyl (C=O) groups is 1. The highest BCUT2D eigenvalue weighted by atomic mass is 16.6. The summed E-state index contributed by atoms with van der Waals surface area (Å²) in [5.41, 5.74) is 7.41. The van der Waals surface area contributed by atoms with Gasteiger partial charge in [0.2, 0.25) is 0 Å². The number of ether oxygens (including phenoxy) is 1. The van der Waals surface area contributed by atoms with Gasteiger partial charge in [-0.1, -0.05) is 6.08 Å². The van der Waals surface area contributed by atoms with Crippen LogP contribution in [0.15, 0.2) is 23.5 Å². The van der Waals surface area contributed by atoms with E-state index in [-0.39, 0.29) is 6.09 Å². The van der Waals surface area contributed by atoms with Gasteiger partial charge in [0, 0.05) is 6.54 Å². The average Bonchev–Trinajstić information content (AvgIpc) is 2.61. The lowest BCUT2D eigenvalue weighted by Gasteiger charge is -2.28. The highest BCUT2D eigenvalue weighted by Crippen LogP contribution is 2.20. The van der Waals surface area contributed by atoms with E-state index in [0.29, 0.717) is 13.1 Å². The molecule has 2 N–H and O–H groups in total. The molecule has 1 amide bonds. The normalized spacial score (nSPS) is 19.6. The second kappa shape index (κ2) is 3.83. The molecular weight excluding hydrogens is 206 g/mol. The quantitative estimate of drug-likeness (QED) is 0.646. The molecule has 0 radical (unpaired) electrons. The largest absolute Gasteiger partial charge is 0.443 e. The van der Waals surface area contributed by atoms with Crippen LogP contribution in [0.2, 0.25) is 0 Å². The van der Waals surface area contributed by atoms with Crippen molar-refractivity contribution in [2.45, 2.75) is 26.4 Å². The first-order valence-corrected chi connectivity index (χ1v) is 5.36. The summed E-state index contributed by atoms with van der Waals surface area (Å²) in [4.78, 5) is 13.6. The maximum atomic E-state index is 11.9. The van der Waals surface area contributed by atoms with Crippen LogP contribution < -0.4 is 10.9 Å². The van der Waals surface area contributed by atoms with Crippen LogP contribution in [-0.4, -0.2) is 29.7 Å². The molecule has 0 spiro atoms. The molecule has 0 fully saturated rings. The van der Waals surface area contributed by atoms with Gasteiger partial charge >= 0.3 is 6.09 Å². The first-order valence-electron chi connectivity index (χ1n) is 5.36. The van der Waals surface area contributed by atoms with Gasteiger partial charge in [-0.05, 0) is 26.8 Å². The highest BCUT2D eigenvalue weighted by Gasteiger charge is 2.29. The van der Waals surface area contributed by atoms with E-state index in [2.05, 4.69) is 10.9 Å². The number of carbonyl (C=O) groups excluding carboxylic acids is 1. The van der Waals surface area contributed by atoms with E-state index in [1.54, 1.807) is 4.90 Å². The first kappa shape index (κ1) is 11.0. The standard InChI is InChI=1S/C11H17N3O2/c1-11(2,3)16-10(15)14-6-4-5-8-9(14)7-12-13-8/h4-5,12-13H,6-7H2,1-3H3. The third kappa shape index (κ3) is 2.19. The predicted molar refractivity (Wildman–Crippen MR) is 60.2 cm³/mol. The lowest BCUT2D eigenvalue weighted by atomic mass is 10.2. The minimum absolute atomic E-state index is 0.296. The number of rotatable bonds is 0. The zero-order valence-corrected chi connectivity index (χ0v) is 9.83. The van der Waals surface area contributed by atoms with E-state index < -0.39 is 5.60 Å². The molecule has 0 bridgehead atoms.